The highest BCUT2D eigenvalue weighted by Crippen LogP contribution is 2.39. The predicted molar refractivity (Wildman–Crippen MR) is 118 cm³/mol. The molecule has 0 unspecified atom stereocenters. The average molecular weight is 500 g/mol. The summed E-state index contributed by atoms with van der Waals surface area (Å²) in [4.78, 5) is 43.5. The molecule has 0 aliphatic heterocycles. The highest BCUT2D eigenvalue weighted by atomic mass is 19.4. The maximum atomic E-state index is 13.4. The summed E-state index contributed by atoms with van der Waals surface area (Å²) in [6.07, 6.45) is 0.125. The number of halogens is 3. The molecule has 0 radical (unpaired) electrons. The second-order valence-electron chi connectivity index (χ2n) is 8.11. The Morgan fingerprint density at radius 1 is 1.00 bits per heavy atom. The van der Waals surface area contributed by atoms with Crippen molar-refractivity contribution in [3.8, 4) is 11.5 Å². The Bertz CT molecular complexity index is 1290. The van der Waals surface area contributed by atoms with Crippen LogP contribution in [0.5, 0.6) is 11.5 Å². The molecule has 1 heterocycles. The number of amides is 2. The maximum Gasteiger partial charge on any atom is 0.420 e. The van der Waals surface area contributed by atoms with Crippen molar-refractivity contribution in [3.05, 3.63) is 83.4 Å². The van der Waals surface area contributed by atoms with Crippen LogP contribution in [0.2, 0.25) is 0 Å². The molecule has 4 rings (SSSR count). The molecule has 0 bridgehead atoms. The van der Waals surface area contributed by atoms with E-state index < -0.39 is 40.5 Å². The van der Waals surface area contributed by atoms with Gasteiger partial charge in [-0.05, 0) is 48.7 Å². The summed E-state index contributed by atoms with van der Waals surface area (Å²) in [5, 5.41) is 14.4. The van der Waals surface area contributed by atoms with E-state index in [0.29, 0.717) is 24.5 Å². The molecule has 0 saturated heterocycles. The van der Waals surface area contributed by atoms with E-state index in [1.54, 1.807) is 12.1 Å². The number of benzene rings is 2. The number of rotatable bonds is 8. The lowest BCUT2D eigenvalue weighted by Crippen LogP contribution is -2.48. The fraction of sp³-hybridized carbons (Fsp3) is 0.208. The van der Waals surface area contributed by atoms with Gasteiger partial charge in [-0.1, -0.05) is 12.1 Å². The lowest BCUT2D eigenvalue weighted by molar-refractivity contribution is -0.138. The van der Waals surface area contributed by atoms with Crippen LogP contribution in [0, 0.1) is 0 Å². The van der Waals surface area contributed by atoms with Gasteiger partial charge in [-0.15, -0.1) is 0 Å². The van der Waals surface area contributed by atoms with Crippen molar-refractivity contribution >= 4 is 17.8 Å². The third-order valence-corrected chi connectivity index (χ3v) is 5.50. The second-order valence-corrected chi connectivity index (χ2v) is 8.11. The van der Waals surface area contributed by atoms with Crippen molar-refractivity contribution in [1.82, 2.24) is 20.6 Å². The first-order valence-corrected chi connectivity index (χ1v) is 10.6. The predicted octanol–water partition coefficient (Wildman–Crippen LogP) is 3.56. The van der Waals surface area contributed by atoms with E-state index in [1.165, 1.54) is 30.9 Å². The van der Waals surface area contributed by atoms with E-state index in [0.717, 1.165) is 12.1 Å². The van der Waals surface area contributed by atoms with Crippen LogP contribution < -0.4 is 15.4 Å². The molecule has 1 fully saturated rings. The molecule has 3 N–H and O–H groups in total. The first-order chi connectivity index (χ1) is 17.1. The highest BCUT2D eigenvalue weighted by Gasteiger charge is 2.51. The van der Waals surface area contributed by atoms with Crippen LogP contribution in [0.4, 0.5) is 13.2 Å². The van der Waals surface area contributed by atoms with Gasteiger partial charge in [0.25, 0.3) is 5.91 Å². The molecule has 186 valence electrons. The van der Waals surface area contributed by atoms with Crippen molar-refractivity contribution in [2.24, 2.45) is 0 Å². The molecule has 1 aliphatic rings. The third-order valence-electron chi connectivity index (χ3n) is 5.50. The number of alkyl halides is 3. The smallest absolute Gasteiger partial charge is 0.420 e. The third kappa shape index (κ3) is 5.59. The lowest BCUT2D eigenvalue weighted by Gasteiger charge is -2.17. The summed E-state index contributed by atoms with van der Waals surface area (Å²) in [6, 6.07) is 8.47. The van der Waals surface area contributed by atoms with Crippen LogP contribution in [0.1, 0.15) is 44.7 Å². The zero-order valence-corrected chi connectivity index (χ0v) is 18.5. The Morgan fingerprint density at radius 2 is 1.67 bits per heavy atom. The van der Waals surface area contributed by atoms with Gasteiger partial charge in [-0.3, -0.25) is 9.59 Å². The molecular formula is C24H19F3N4O5. The maximum absolute atomic E-state index is 13.4. The number of carbonyl (C=O) groups excluding carboxylic acids is 2. The van der Waals surface area contributed by atoms with E-state index in [-0.39, 0.29) is 23.8 Å². The van der Waals surface area contributed by atoms with Crippen LogP contribution in [0.15, 0.2) is 61.2 Å². The largest absolute Gasteiger partial charge is 0.478 e. The summed E-state index contributed by atoms with van der Waals surface area (Å²) in [7, 11) is 0. The number of aromatic nitrogens is 2. The van der Waals surface area contributed by atoms with Crippen molar-refractivity contribution in [2.45, 2.75) is 31.1 Å². The number of aromatic carboxylic acids is 1. The molecule has 1 saturated carbocycles. The molecule has 36 heavy (non-hydrogen) atoms. The topological polar surface area (TPSA) is 131 Å². The van der Waals surface area contributed by atoms with Gasteiger partial charge in [0.1, 0.15) is 23.4 Å². The summed E-state index contributed by atoms with van der Waals surface area (Å²) < 4.78 is 45.4. The number of nitrogens with zero attached hydrogens (tertiary/aromatic N) is 2. The van der Waals surface area contributed by atoms with Gasteiger partial charge in [0.2, 0.25) is 5.91 Å². The van der Waals surface area contributed by atoms with E-state index in [9.17, 15) is 27.6 Å². The Hall–Kier alpha value is -4.48. The number of carbonyl (C=O) groups is 3. The van der Waals surface area contributed by atoms with Crippen LogP contribution in [-0.2, 0) is 17.5 Å². The zero-order chi connectivity index (χ0) is 25.9. The number of hydrogen-bond donors (Lipinski definition) is 3. The van der Waals surface area contributed by atoms with Gasteiger partial charge in [0.15, 0.2) is 0 Å². The number of ether oxygens (including phenoxy) is 1. The number of nitrogens with one attached hydrogen (secondary N) is 2. The van der Waals surface area contributed by atoms with Crippen LogP contribution in [0.25, 0.3) is 0 Å². The molecule has 0 atom stereocenters. The van der Waals surface area contributed by atoms with Gasteiger partial charge in [-0.25, -0.2) is 14.8 Å². The monoisotopic (exact) mass is 500 g/mol. The lowest BCUT2D eigenvalue weighted by atomic mass is 10.1. The normalized spacial score (nSPS) is 14.0. The first kappa shape index (κ1) is 24.6. The molecular weight excluding hydrogens is 481 g/mol. The van der Waals surface area contributed by atoms with Crippen LogP contribution in [-0.4, -0.2) is 38.4 Å². The Kier molecular flexibility index (Phi) is 6.60. The van der Waals surface area contributed by atoms with Crippen LogP contribution in [0.3, 0.4) is 0 Å². The minimum absolute atomic E-state index is 0.0923. The van der Waals surface area contributed by atoms with Gasteiger partial charge in [0.05, 0.1) is 16.7 Å². The average Bonchev–Trinajstić information content (AvgIpc) is 3.64. The minimum atomic E-state index is -4.81. The number of hydrogen-bond acceptors (Lipinski definition) is 6. The Labute approximate surface area is 202 Å². The molecule has 9 nitrogen and oxygen atoms in total. The van der Waals surface area contributed by atoms with Gasteiger partial charge >= 0.3 is 12.1 Å². The van der Waals surface area contributed by atoms with E-state index in [1.807, 2.05) is 0 Å². The molecule has 1 aliphatic carbocycles. The summed E-state index contributed by atoms with van der Waals surface area (Å²) in [5.74, 6) is -2.75. The van der Waals surface area contributed by atoms with E-state index >= 15 is 0 Å². The van der Waals surface area contributed by atoms with Crippen LogP contribution >= 0.6 is 0 Å². The SMILES string of the molecule is O=C(O)c1ccc(Oc2ccc(CNC(=O)C3(NC(=O)c4cncnc4)CC3)cc2)c(C(F)(F)F)c1. The highest BCUT2D eigenvalue weighted by molar-refractivity contribution is 6.00. The van der Waals surface area contributed by atoms with Gasteiger partial charge < -0.3 is 20.5 Å². The molecule has 2 aromatic carbocycles. The van der Waals surface area contributed by atoms with E-state index in [4.69, 9.17) is 9.84 Å². The van der Waals surface area contributed by atoms with Crippen molar-refractivity contribution in [1.29, 1.82) is 0 Å². The molecule has 12 heteroatoms. The number of carboxylic acids is 1. The standard InChI is InChI=1S/C24H19F3N4O5/c25-24(26,27)18-9-15(21(33)34)3-6-19(18)36-17-4-1-14(2-5-17)10-30-22(35)23(7-8-23)31-20(32)16-11-28-13-29-12-16/h1-6,9,11-13H,7-8,10H2,(H,30,35)(H,31,32)(H,33,34). The Balaban J connectivity index is 1.37. The minimum Gasteiger partial charge on any atom is -0.478 e. The van der Waals surface area contributed by atoms with Crippen molar-refractivity contribution < 1.29 is 37.4 Å². The van der Waals surface area contributed by atoms with Crippen molar-refractivity contribution in [2.75, 3.05) is 0 Å². The van der Waals surface area contributed by atoms with Gasteiger partial charge in [-0.2, -0.15) is 13.2 Å². The summed E-state index contributed by atoms with van der Waals surface area (Å²) in [5.41, 5.74) is -1.85. The molecule has 1 aromatic heterocycles. The quantitative estimate of drug-likeness (QED) is 0.431. The fourth-order valence-corrected chi connectivity index (χ4v) is 3.37. The molecule has 3 aromatic rings. The Morgan fingerprint density at radius 3 is 2.25 bits per heavy atom. The van der Waals surface area contributed by atoms with E-state index in [2.05, 4.69) is 20.6 Å². The zero-order valence-electron chi connectivity index (χ0n) is 18.5. The summed E-state index contributed by atoms with van der Waals surface area (Å²) >= 11 is 0. The molecule has 2 amide bonds. The number of carboxylic acid groups (broad SMARTS) is 1. The second kappa shape index (κ2) is 9.64. The van der Waals surface area contributed by atoms with Gasteiger partial charge in [0, 0.05) is 18.9 Å². The summed E-state index contributed by atoms with van der Waals surface area (Å²) in [6.45, 7) is 0.117. The first-order valence-electron chi connectivity index (χ1n) is 10.6. The molecule has 0 spiro atoms. The van der Waals surface area contributed by atoms with Crippen molar-refractivity contribution in [3.63, 3.8) is 0 Å². The fourth-order valence-electron chi connectivity index (χ4n) is 3.37.